The monoisotopic (exact) mass is 215 g/mol. The van der Waals surface area contributed by atoms with Gasteiger partial charge in [0.1, 0.15) is 6.54 Å². The number of hydrogen-bond donors (Lipinski definition) is 2. The summed E-state index contributed by atoms with van der Waals surface area (Å²) in [5, 5.41) is 8.65. The fraction of sp³-hybridized carbons (Fsp3) is 0.833. The van der Waals surface area contributed by atoms with Crippen LogP contribution in [0.1, 0.15) is 0 Å². The Morgan fingerprint density at radius 2 is 2.33 bits per heavy atom. The topological polar surface area (TPSA) is 58.6 Å². The lowest BCUT2D eigenvalue weighted by Crippen LogP contribution is -2.23. The molecule has 0 aromatic rings. The van der Waals surface area contributed by atoms with E-state index in [-0.39, 0.29) is 31.6 Å². The van der Waals surface area contributed by atoms with Crippen molar-refractivity contribution >= 4 is 29.3 Å². The number of alkyl halides is 1. The number of halogens is 2. The number of aliphatic hydroxyl groups excluding tert-OH is 1. The molecule has 12 heavy (non-hydrogen) atoms. The maximum absolute atomic E-state index is 10.7. The number of esters is 1. The van der Waals surface area contributed by atoms with Crippen molar-refractivity contribution in [2.75, 3.05) is 25.6 Å². The standard InChI is InChI=1S/C6H11Cl2NO3/c7-1-5(3-10)4-12-6(11)2-9-8/h5,9-10H,1-4H2. The van der Waals surface area contributed by atoms with E-state index in [0.717, 1.165) is 0 Å². The molecule has 0 spiro atoms. The van der Waals surface area contributed by atoms with Crippen LogP contribution in [-0.4, -0.2) is 36.7 Å². The Morgan fingerprint density at radius 3 is 2.75 bits per heavy atom. The number of rotatable bonds is 6. The van der Waals surface area contributed by atoms with E-state index in [1.54, 1.807) is 0 Å². The Bertz CT molecular complexity index is 130. The predicted octanol–water partition coefficient (Wildman–Crippen LogP) is 0.120. The highest BCUT2D eigenvalue weighted by Crippen LogP contribution is 1.98. The minimum atomic E-state index is -0.464. The summed E-state index contributed by atoms with van der Waals surface area (Å²) in [6.07, 6.45) is 0. The Morgan fingerprint density at radius 1 is 1.67 bits per heavy atom. The zero-order valence-corrected chi connectivity index (χ0v) is 7.94. The molecule has 0 bridgehead atoms. The number of hydrogen-bond acceptors (Lipinski definition) is 4. The highest BCUT2D eigenvalue weighted by Gasteiger charge is 2.08. The summed E-state index contributed by atoms with van der Waals surface area (Å²) in [6, 6.07) is 0. The van der Waals surface area contributed by atoms with Crippen molar-refractivity contribution in [1.29, 1.82) is 0 Å². The van der Waals surface area contributed by atoms with E-state index in [1.165, 1.54) is 0 Å². The Labute approximate surface area is 80.9 Å². The molecule has 2 N–H and O–H groups in total. The van der Waals surface area contributed by atoms with Crippen LogP contribution in [0.3, 0.4) is 0 Å². The third-order valence-corrected chi connectivity index (χ3v) is 1.74. The molecule has 0 radical (unpaired) electrons. The van der Waals surface area contributed by atoms with Crippen LogP contribution in [0, 0.1) is 5.92 Å². The smallest absolute Gasteiger partial charge is 0.321 e. The van der Waals surface area contributed by atoms with Gasteiger partial charge in [0, 0.05) is 11.8 Å². The zero-order valence-electron chi connectivity index (χ0n) is 6.43. The Kier molecular flexibility index (Phi) is 7.59. The summed E-state index contributed by atoms with van der Waals surface area (Å²) in [7, 11) is 0. The molecule has 1 unspecified atom stereocenters. The molecule has 0 aromatic carbocycles. The van der Waals surface area contributed by atoms with Crippen LogP contribution in [0.4, 0.5) is 0 Å². The van der Waals surface area contributed by atoms with Gasteiger partial charge in [0.2, 0.25) is 0 Å². The lowest BCUT2D eigenvalue weighted by Gasteiger charge is -2.10. The lowest BCUT2D eigenvalue weighted by atomic mass is 10.2. The third-order valence-electron chi connectivity index (χ3n) is 1.17. The Hall–Kier alpha value is -0.0300. The number of aliphatic hydroxyl groups is 1. The fourth-order valence-corrected chi connectivity index (χ4v) is 0.758. The van der Waals surface area contributed by atoms with Crippen LogP contribution < -0.4 is 4.84 Å². The van der Waals surface area contributed by atoms with Crippen molar-refractivity contribution in [1.82, 2.24) is 4.84 Å². The summed E-state index contributed by atoms with van der Waals surface area (Å²) in [6.45, 7) is -0.0233. The first-order chi connectivity index (χ1) is 5.74. The maximum atomic E-state index is 10.7. The minimum Gasteiger partial charge on any atom is -0.464 e. The predicted molar refractivity (Wildman–Crippen MR) is 46.1 cm³/mol. The SMILES string of the molecule is O=C(CNCl)OCC(CO)CCl. The second-order valence-corrected chi connectivity index (χ2v) is 2.77. The van der Waals surface area contributed by atoms with Crippen molar-refractivity contribution in [3.8, 4) is 0 Å². The molecule has 0 aromatic heterocycles. The first kappa shape index (κ1) is 12.0. The molecular formula is C6H11Cl2NO3. The summed E-state index contributed by atoms with van der Waals surface area (Å²) in [4.78, 5) is 12.8. The maximum Gasteiger partial charge on any atom is 0.321 e. The molecule has 0 amide bonds. The quantitative estimate of drug-likeness (QED) is 0.376. The molecule has 0 saturated carbocycles. The first-order valence-electron chi connectivity index (χ1n) is 3.40. The van der Waals surface area contributed by atoms with Gasteiger partial charge in [0.05, 0.1) is 13.2 Å². The molecule has 72 valence electrons. The molecule has 0 heterocycles. The van der Waals surface area contributed by atoms with E-state index < -0.39 is 5.97 Å². The highest BCUT2D eigenvalue weighted by atomic mass is 35.5. The molecular weight excluding hydrogens is 205 g/mol. The molecule has 0 rings (SSSR count). The van der Waals surface area contributed by atoms with Crippen LogP contribution in [0.5, 0.6) is 0 Å². The van der Waals surface area contributed by atoms with Gasteiger partial charge >= 0.3 is 5.97 Å². The summed E-state index contributed by atoms with van der Waals surface area (Å²) in [5.74, 6) is -0.405. The van der Waals surface area contributed by atoms with E-state index in [9.17, 15) is 4.79 Å². The first-order valence-corrected chi connectivity index (χ1v) is 4.31. The lowest BCUT2D eigenvalue weighted by molar-refractivity contribution is -0.143. The highest BCUT2D eigenvalue weighted by molar-refractivity contribution is 6.18. The molecule has 6 heteroatoms. The van der Waals surface area contributed by atoms with Gasteiger partial charge in [-0.3, -0.25) is 4.79 Å². The minimum absolute atomic E-state index is 0.0536. The van der Waals surface area contributed by atoms with Crippen LogP contribution in [-0.2, 0) is 9.53 Å². The average Bonchev–Trinajstić information content (AvgIpc) is 2.07. The van der Waals surface area contributed by atoms with Crippen LogP contribution in [0.25, 0.3) is 0 Å². The van der Waals surface area contributed by atoms with Crippen LogP contribution >= 0.6 is 23.4 Å². The van der Waals surface area contributed by atoms with Gasteiger partial charge in [-0.2, -0.15) is 0 Å². The van der Waals surface area contributed by atoms with Crippen molar-refractivity contribution in [2.45, 2.75) is 0 Å². The summed E-state index contributed by atoms with van der Waals surface area (Å²) < 4.78 is 4.70. The number of carbonyl (C=O) groups is 1. The van der Waals surface area contributed by atoms with Crippen molar-refractivity contribution in [3.05, 3.63) is 0 Å². The molecule has 0 aliphatic rings. The second-order valence-electron chi connectivity index (χ2n) is 2.20. The van der Waals surface area contributed by atoms with Crippen molar-refractivity contribution in [3.63, 3.8) is 0 Å². The van der Waals surface area contributed by atoms with Gasteiger partial charge in [-0.1, -0.05) is 0 Å². The van der Waals surface area contributed by atoms with E-state index in [1.807, 2.05) is 0 Å². The van der Waals surface area contributed by atoms with Gasteiger partial charge in [0.25, 0.3) is 0 Å². The van der Waals surface area contributed by atoms with Gasteiger partial charge in [-0.25, -0.2) is 4.84 Å². The number of carbonyl (C=O) groups excluding carboxylic acids is 1. The van der Waals surface area contributed by atoms with E-state index >= 15 is 0 Å². The molecule has 4 nitrogen and oxygen atoms in total. The molecule has 1 atom stereocenters. The molecule has 0 aliphatic heterocycles. The molecule has 0 aliphatic carbocycles. The van der Waals surface area contributed by atoms with Gasteiger partial charge < -0.3 is 9.84 Å². The Balaban J connectivity index is 3.44. The largest absolute Gasteiger partial charge is 0.464 e. The third kappa shape index (κ3) is 5.60. The molecule has 0 saturated heterocycles. The summed E-state index contributed by atoms with van der Waals surface area (Å²) in [5.41, 5.74) is 0. The van der Waals surface area contributed by atoms with Gasteiger partial charge in [0.15, 0.2) is 0 Å². The van der Waals surface area contributed by atoms with Crippen LogP contribution in [0.2, 0.25) is 0 Å². The average molecular weight is 216 g/mol. The van der Waals surface area contributed by atoms with Gasteiger partial charge in [-0.05, 0) is 11.8 Å². The number of ether oxygens (including phenoxy) is 1. The van der Waals surface area contributed by atoms with E-state index in [4.69, 9.17) is 33.2 Å². The number of nitrogens with one attached hydrogen (secondary N) is 1. The summed E-state index contributed by atoms with van der Waals surface area (Å²) >= 11 is 10.5. The zero-order chi connectivity index (χ0) is 9.40. The van der Waals surface area contributed by atoms with Gasteiger partial charge in [-0.15, -0.1) is 11.6 Å². The van der Waals surface area contributed by atoms with E-state index in [2.05, 4.69) is 4.84 Å². The van der Waals surface area contributed by atoms with Crippen molar-refractivity contribution < 1.29 is 14.6 Å². The fourth-order valence-electron chi connectivity index (χ4n) is 0.462. The molecule has 0 fully saturated rings. The normalized spacial score (nSPS) is 12.6. The van der Waals surface area contributed by atoms with Crippen molar-refractivity contribution in [2.24, 2.45) is 5.92 Å². The van der Waals surface area contributed by atoms with E-state index in [0.29, 0.717) is 0 Å². The second kappa shape index (κ2) is 7.61. The van der Waals surface area contributed by atoms with Crippen LogP contribution in [0.15, 0.2) is 0 Å².